The fraction of sp³-hybridized carbons (Fsp3) is 0.625. The fourth-order valence-electron chi connectivity index (χ4n) is 2.82. The van der Waals surface area contributed by atoms with Gasteiger partial charge in [-0.05, 0) is 25.0 Å². The minimum Gasteiger partial charge on any atom is -0.438 e. The van der Waals surface area contributed by atoms with Crippen LogP contribution < -0.4 is 4.72 Å². The van der Waals surface area contributed by atoms with E-state index in [0.29, 0.717) is 5.89 Å². The number of nitrogens with one attached hydrogen (secondary N) is 1. The van der Waals surface area contributed by atoms with E-state index in [9.17, 15) is 8.42 Å². The van der Waals surface area contributed by atoms with Crippen molar-refractivity contribution < 1.29 is 17.3 Å². The number of rotatable bonds is 5. The molecule has 0 aliphatic heterocycles. The van der Waals surface area contributed by atoms with Gasteiger partial charge in [0, 0.05) is 12.0 Å². The third kappa shape index (κ3) is 3.87. The van der Waals surface area contributed by atoms with Crippen molar-refractivity contribution in [3.63, 3.8) is 0 Å². The second kappa shape index (κ2) is 7.06. The minimum atomic E-state index is -3.68. The average molecular weight is 353 g/mol. The van der Waals surface area contributed by atoms with Crippen molar-refractivity contribution in [1.82, 2.24) is 14.9 Å². The molecule has 1 fully saturated rings. The van der Waals surface area contributed by atoms with Crippen LogP contribution in [0.4, 0.5) is 0 Å². The molecule has 0 spiro atoms. The first-order valence-corrected chi connectivity index (χ1v) is 9.90. The summed E-state index contributed by atoms with van der Waals surface area (Å²) in [5.41, 5.74) is 0. The second-order valence-electron chi connectivity index (χ2n) is 6.53. The Morgan fingerprint density at radius 3 is 2.42 bits per heavy atom. The SMILES string of the molecule is CC(C)c1nnc(-c2ccc(S(=O)(=O)NC3CCCCCC3)o2)o1. The van der Waals surface area contributed by atoms with E-state index in [2.05, 4.69) is 14.9 Å². The summed E-state index contributed by atoms with van der Waals surface area (Å²) >= 11 is 0. The highest BCUT2D eigenvalue weighted by Crippen LogP contribution is 2.26. The lowest BCUT2D eigenvalue weighted by Gasteiger charge is -2.14. The van der Waals surface area contributed by atoms with Gasteiger partial charge in [0.15, 0.2) is 5.76 Å². The molecule has 0 unspecified atom stereocenters. The van der Waals surface area contributed by atoms with Crippen LogP contribution in [-0.2, 0) is 10.0 Å². The Bertz CT molecular complexity index is 771. The van der Waals surface area contributed by atoms with Gasteiger partial charge in [0.05, 0.1) is 0 Å². The Kier molecular flexibility index (Phi) is 5.05. The zero-order valence-corrected chi connectivity index (χ0v) is 14.8. The number of nitrogens with zero attached hydrogens (tertiary/aromatic N) is 2. The zero-order valence-electron chi connectivity index (χ0n) is 14.0. The van der Waals surface area contributed by atoms with Gasteiger partial charge in [0.2, 0.25) is 11.0 Å². The molecule has 0 saturated heterocycles. The van der Waals surface area contributed by atoms with Gasteiger partial charge in [-0.1, -0.05) is 39.5 Å². The Morgan fingerprint density at radius 2 is 1.79 bits per heavy atom. The third-order valence-corrected chi connectivity index (χ3v) is 5.56. The van der Waals surface area contributed by atoms with Crippen LogP contribution in [-0.4, -0.2) is 24.7 Å². The van der Waals surface area contributed by atoms with Crippen molar-refractivity contribution in [3.05, 3.63) is 18.0 Å². The summed E-state index contributed by atoms with van der Waals surface area (Å²) in [7, 11) is -3.68. The van der Waals surface area contributed by atoms with Crippen molar-refractivity contribution in [2.45, 2.75) is 69.4 Å². The van der Waals surface area contributed by atoms with E-state index in [4.69, 9.17) is 8.83 Å². The van der Waals surface area contributed by atoms with Crippen molar-refractivity contribution in [2.24, 2.45) is 0 Å². The largest absolute Gasteiger partial charge is 0.438 e. The smallest absolute Gasteiger partial charge is 0.283 e. The minimum absolute atomic E-state index is 0.0259. The summed E-state index contributed by atoms with van der Waals surface area (Å²) in [6.45, 7) is 3.87. The highest BCUT2D eigenvalue weighted by atomic mass is 32.2. The summed E-state index contributed by atoms with van der Waals surface area (Å²) in [6.07, 6.45) is 6.17. The van der Waals surface area contributed by atoms with Crippen LogP contribution in [0.3, 0.4) is 0 Å². The molecular weight excluding hydrogens is 330 g/mol. The second-order valence-corrected chi connectivity index (χ2v) is 8.17. The lowest BCUT2D eigenvalue weighted by molar-refractivity contribution is 0.421. The maximum absolute atomic E-state index is 12.5. The van der Waals surface area contributed by atoms with E-state index in [-0.39, 0.29) is 28.7 Å². The van der Waals surface area contributed by atoms with Gasteiger partial charge in [-0.25, -0.2) is 13.1 Å². The molecule has 1 N–H and O–H groups in total. The number of furan rings is 1. The zero-order chi connectivity index (χ0) is 17.2. The normalized spacial score (nSPS) is 17.3. The first-order chi connectivity index (χ1) is 11.5. The van der Waals surface area contributed by atoms with Gasteiger partial charge < -0.3 is 8.83 Å². The van der Waals surface area contributed by atoms with Crippen molar-refractivity contribution >= 4 is 10.0 Å². The first-order valence-electron chi connectivity index (χ1n) is 8.41. The topological polar surface area (TPSA) is 98.2 Å². The van der Waals surface area contributed by atoms with Crippen molar-refractivity contribution in [1.29, 1.82) is 0 Å². The van der Waals surface area contributed by atoms with E-state index in [1.54, 1.807) is 6.07 Å². The molecule has 8 heteroatoms. The van der Waals surface area contributed by atoms with Crippen LogP contribution in [0.25, 0.3) is 11.7 Å². The molecule has 0 radical (unpaired) electrons. The Morgan fingerprint density at radius 1 is 1.08 bits per heavy atom. The standard InChI is InChI=1S/C16H23N3O4S/c1-11(2)15-17-18-16(23-15)13-9-10-14(22-13)24(20,21)19-12-7-5-3-4-6-8-12/h9-12,19H,3-8H2,1-2H3. The number of hydrogen-bond acceptors (Lipinski definition) is 6. The van der Waals surface area contributed by atoms with Gasteiger partial charge in [-0.2, -0.15) is 0 Å². The molecule has 1 saturated carbocycles. The summed E-state index contributed by atoms with van der Waals surface area (Å²) < 4.78 is 38.7. The van der Waals surface area contributed by atoms with Gasteiger partial charge in [-0.15, -0.1) is 10.2 Å². The Hall–Kier alpha value is -1.67. The van der Waals surface area contributed by atoms with E-state index < -0.39 is 10.0 Å². The van der Waals surface area contributed by atoms with E-state index in [1.807, 2.05) is 13.8 Å². The molecule has 1 aliphatic carbocycles. The average Bonchev–Trinajstić information content (AvgIpc) is 3.13. The molecule has 0 bridgehead atoms. The predicted molar refractivity (Wildman–Crippen MR) is 87.9 cm³/mol. The van der Waals surface area contributed by atoms with Crippen LogP contribution >= 0.6 is 0 Å². The summed E-state index contributed by atoms with van der Waals surface area (Å²) in [5, 5.41) is 7.71. The van der Waals surface area contributed by atoms with Crippen LogP contribution in [0.5, 0.6) is 0 Å². The molecule has 7 nitrogen and oxygen atoms in total. The third-order valence-electron chi connectivity index (χ3n) is 4.17. The summed E-state index contributed by atoms with van der Waals surface area (Å²) in [6, 6.07) is 2.94. The molecule has 2 aromatic heterocycles. The number of sulfonamides is 1. The Labute approximate surface area is 141 Å². The molecule has 3 rings (SSSR count). The summed E-state index contributed by atoms with van der Waals surface area (Å²) in [5.74, 6) is 1.04. The van der Waals surface area contributed by atoms with Crippen LogP contribution in [0.2, 0.25) is 0 Å². The number of aromatic nitrogens is 2. The van der Waals surface area contributed by atoms with E-state index in [0.717, 1.165) is 25.7 Å². The Balaban J connectivity index is 1.75. The van der Waals surface area contributed by atoms with Crippen LogP contribution in [0.15, 0.2) is 26.1 Å². The summed E-state index contributed by atoms with van der Waals surface area (Å²) in [4.78, 5) is 0. The van der Waals surface area contributed by atoms with Crippen LogP contribution in [0.1, 0.15) is 64.2 Å². The number of hydrogen-bond donors (Lipinski definition) is 1. The fourth-order valence-corrected chi connectivity index (χ4v) is 4.06. The molecule has 0 aromatic carbocycles. The maximum Gasteiger partial charge on any atom is 0.283 e. The molecule has 0 atom stereocenters. The quantitative estimate of drug-likeness (QED) is 0.827. The van der Waals surface area contributed by atoms with Gasteiger partial charge in [-0.3, -0.25) is 0 Å². The van der Waals surface area contributed by atoms with Gasteiger partial charge in [0.1, 0.15) is 0 Å². The molecule has 1 aliphatic rings. The molecule has 132 valence electrons. The van der Waals surface area contributed by atoms with Gasteiger partial charge in [0.25, 0.3) is 15.9 Å². The molecule has 2 heterocycles. The van der Waals surface area contributed by atoms with Crippen molar-refractivity contribution in [2.75, 3.05) is 0 Å². The predicted octanol–water partition coefficient (Wildman–Crippen LogP) is 3.45. The van der Waals surface area contributed by atoms with E-state index in [1.165, 1.54) is 18.9 Å². The molecule has 24 heavy (non-hydrogen) atoms. The molecule has 0 amide bonds. The lowest BCUT2D eigenvalue weighted by Crippen LogP contribution is -2.34. The molecule has 2 aromatic rings. The maximum atomic E-state index is 12.5. The highest BCUT2D eigenvalue weighted by molar-refractivity contribution is 7.89. The lowest BCUT2D eigenvalue weighted by atomic mass is 10.1. The van der Waals surface area contributed by atoms with Gasteiger partial charge >= 0.3 is 0 Å². The van der Waals surface area contributed by atoms with Crippen LogP contribution in [0, 0.1) is 0 Å². The monoisotopic (exact) mass is 353 g/mol. The van der Waals surface area contributed by atoms with E-state index >= 15 is 0 Å². The van der Waals surface area contributed by atoms with Crippen molar-refractivity contribution in [3.8, 4) is 11.7 Å². The first kappa shape index (κ1) is 17.2. The molecular formula is C16H23N3O4S. The highest BCUT2D eigenvalue weighted by Gasteiger charge is 2.25.